The van der Waals surface area contributed by atoms with Gasteiger partial charge in [-0.25, -0.2) is 0 Å². The van der Waals surface area contributed by atoms with Crippen LogP contribution in [0.25, 0.3) is 0 Å². The molecule has 1 N–H and O–H groups in total. The highest BCUT2D eigenvalue weighted by atomic mass is 32.2. The van der Waals surface area contributed by atoms with Gasteiger partial charge in [-0.15, -0.1) is 0 Å². The molecule has 0 amide bonds. The summed E-state index contributed by atoms with van der Waals surface area (Å²) in [5, 5.41) is 3.40. The summed E-state index contributed by atoms with van der Waals surface area (Å²) in [6.07, 6.45) is 0. The van der Waals surface area contributed by atoms with Gasteiger partial charge in [0, 0.05) is 30.8 Å². The number of anilines is 1. The van der Waals surface area contributed by atoms with Crippen molar-refractivity contribution in [1.29, 1.82) is 0 Å². The SMILES string of the molecule is COCCSCCNc1cccc(C)c1. The van der Waals surface area contributed by atoms with Crippen LogP contribution in [-0.2, 0) is 4.74 Å². The first-order valence-corrected chi connectivity index (χ1v) is 6.35. The molecule has 84 valence electrons. The molecular formula is C12H19NOS. The van der Waals surface area contributed by atoms with E-state index >= 15 is 0 Å². The van der Waals surface area contributed by atoms with Crippen molar-refractivity contribution in [2.75, 3.05) is 37.1 Å². The fraction of sp³-hybridized carbons (Fsp3) is 0.500. The fourth-order valence-corrected chi connectivity index (χ4v) is 2.00. The average Bonchev–Trinajstić information content (AvgIpc) is 2.23. The minimum Gasteiger partial charge on any atom is -0.384 e. The molecule has 0 bridgehead atoms. The van der Waals surface area contributed by atoms with E-state index in [-0.39, 0.29) is 0 Å². The van der Waals surface area contributed by atoms with E-state index in [4.69, 9.17) is 4.74 Å². The lowest BCUT2D eigenvalue weighted by Crippen LogP contribution is -2.05. The van der Waals surface area contributed by atoms with Crippen molar-refractivity contribution in [1.82, 2.24) is 0 Å². The van der Waals surface area contributed by atoms with E-state index in [1.807, 2.05) is 11.8 Å². The Kier molecular flexibility index (Phi) is 6.28. The van der Waals surface area contributed by atoms with Gasteiger partial charge in [-0.3, -0.25) is 0 Å². The summed E-state index contributed by atoms with van der Waals surface area (Å²) in [5.74, 6) is 2.20. The summed E-state index contributed by atoms with van der Waals surface area (Å²) in [5.41, 5.74) is 2.51. The third-order valence-electron chi connectivity index (χ3n) is 2.03. The Morgan fingerprint density at radius 1 is 1.33 bits per heavy atom. The molecule has 0 saturated carbocycles. The monoisotopic (exact) mass is 225 g/mol. The summed E-state index contributed by atoms with van der Waals surface area (Å²) in [4.78, 5) is 0. The first-order chi connectivity index (χ1) is 7.33. The first-order valence-electron chi connectivity index (χ1n) is 5.20. The molecule has 0 heterocycles. The van der Waals surface area contributed by atoms with Gasteiger partial charge in [-0.2, -0.15) is 11.8 Å². The van der Waals surface area contributed by atoms with Gasteiger partial charge in [0.25, 0.3) is 0 Å². The molecule has 0 aliphatic heterocycles. The Morgan fingerprint density at radius 2 is 2.20 bits per heavy atom. The van der Waals surface area contributed by atoms with Gasteiger partial charge in [0.05, 0.1) is 6.61 Å². The molecule has 0 aliphatic carbocycles. The molecule has 0 spiro atoms. The van der Waals surface area contributed by atoms with Crippen molar-refractivity contribution < 1.29 is 4.74 Å². The smallest absolute Gasteiger partial charge is 0.0552 e. The molecule has 0 aromatic heterocycles. The van der Waals surface area contributed by atoms with Crippen molar-refractivity contribution in [3.05, 3.63) is 29.8 Å². The molecule has 0 saturated heterocycles. The summed E-state index contributed by atoms with van der Waals surface area (Å²) in [6.45, 7) is 3.96. The number of nitrogens with one attached hydrogen (secondary N) is 1. The number of ether oxygens (including phenoxy) is 1. The summed E-state index contributed by atoms with van der Waals surface area (Å²) >= 11 is 1.91. The quantitative estimate of drug-likeness (QED) is 0.721. The van der Waals surface area contributed by atoms with Gasteiger partial charge < -0.3 is 10.1 Å². The van der Waals surface area contributed by atoms with Crippen molar-refractivity contribution in [2.24, 2.45) is 0 Å². The lowest BCUT2D eigenvalue weighted by molar-refractivity contribution is 0.218. The number of rotatable bonds is 7. The van der Waals surface area contributed by atoms with Gasteiger partial charge in [0.1, 0.15) is 0 Å². The first kappa shape index (κ1) is 12.4. The number of benzene rings is 1. The average molecular weight is 225 g/mol. The Hall–Kier alpha value is -0.670. The van der Waals surface area contributed by atoms with Crippen LogP contribution in [0.15, 0.2) is 24.3 Å². The lowest BCUT2D eigenvalue weighted by atomic mass is 10.2. The zero-order chi connectivity index (χ0) is 10.9. The predicted octanol–water partition coefficient (Wildman–Crippen LogP) is 2.79. The molecule has 2 nitrogen and oxygen atoms in total. The van der Waals surface area contributed by atoms with Crippen molar-refractivity contribution in [3.63, 3.8) is 0 Å². The minimum absolute atomic E-state index is 0.842. The molecule has 0 radical (unpaired) electrons. The van der Waals surface area contributed by atoms with Crippen LogP contribution in [0.3, 0.4) is 0 Å². The van der Waals surface area contributed by atoms with Gasteiger partial charge in [-0.1, -0.05) is 12.1 Å². The topological polar surface area (TPSA) is 21.3 Å². The fourth-order valence-electron chi connectivity index (χ4n) is 1.27. The zero-order valence-electron chi connectivity index (χ0n) is 9.45. The number of aryl methyl sites for hydroxylation is 1. The molecule has 3 heteroatoms. The number of thioether (sulfide) groups is 1. The number of hydrogen-bond acceptors (Lipinski definition) is 3. The molecule has 1 rings (SSSR count). The van der Waals surface area contributed by atoms with E-state index in [1.54, 1.807) is 7.11 Å². The third-order valence-corrected chi connectivity index (χ3v) is 2.97. The highest BCUT2D eigenvalue weighted by molar-refractivity contribution is 7.99. The second kappa shape index (κ2) is 7.60. The maximum absolute atomic E-state index is 4.98. The number of methoxy groups -OCH3 is 1. The Balaban J connectivity index is 2.10. The highest BCUT2D eigenvalue weighted by Gasteiger charge is 1.92. The Morgan fingerprint density at radius 3 is 2.93 bits per heavy atom. The molecule has 15 heavy (non-hydrogen) atoms. The van der Waals surface area contributed by atoms with Crippen molar-refractivity contribution in [3.8, 4) is 0 Å². The highest BCUT2D eigenvalue weighted by Crippen LogP contribution is 2.09. The molecule has 0 atom stereocenters. The van der Waals surface area contributed by atoms with E-state index in [1.165, 1.54) is 11.3 Å². The van der Waals surface area contributed by atoms with E-state index < -0.39 is 0 Å². The van der Waals surface area contributed by atoms with Crippen LogP contribution in [0.5, 0.6) is 0 Å². The van der Waals surface area contributed by atoms with Crippen LogP contribution in [0.1, 0.15) is 5.56 Å². The summed E-state index contributed by atoms with van der Waals surface area (Å²) in [7, 11) is 1.74. The molecular weight excluding hydrogens is 206 g/mol. The maximum Gasteiger partial charge on any atom is 0.0552 e. The van der Waals surface area contributed by atoms with Gasteiger partial charge in [0.2, 0.25) is 0 Å². The summed E-state index contributed by atoms with van der Waals surface area (Å²) in [6, 6.07) is 8.46. The third kappa shape index (κ3) is 5.70. The van der Waals surface area contributed by atoms with Crippen LogP contribution in [0, 0.1) is 6.92 Å². The predicted molar refractivity (Wildman–Crippen MR) is 68.9 cm³/mol. The second-order valence-corrected chi connectivity index (χ2v) is 4.63. The largest absolute Gasteiger partial charge is 0.384 e. The molecule has 0 unspecified atom stereocenters. The van der Waals surface area contributed by atoms with E-state index in [0.717, 1.165) is 24.7 Å². The maximum atomic E-state index is 4.98. The molecule has 1 aromatic rings. The summed E-state index contributed by atoms with van der Waals surface area (Å²) < 4.78 is 4.98. The van der Waals surface area contributed by atoms with Crippen LogP contribution in [0.2, 0.25) is 0 Å². The lowest BCUT2D eigenvalue weighted by Gasteiger charge is -2.06. The Labute approximate surface area is 96.4 Å². The molecule has 0 aliphatic rings. The Bertz CT molecular complexity index is 278. The van der Waals surface area contributed by atoms with Gasteiger partial charge in [0.15, 0.2) is 0 Å². The van der Waals surface area contributed by atoms with E-state index in [9.17, 15) is 0 Å². The van der Waals surface area contributed by atoms with Crippen LogP contribution in [0.4, 0.5) is 5.69 Å². The van der Waals surface area contributed by atoms with E-state index in [2.05, 4.69) is 36.5 Å². The van der Waals surface area contributed by atoms with Crippen molar-refractivity contribution >= 4 is 17.4 Å². The van der Waals surface area contributed by atoms with Crippen LogP contribution < -0.4 is 5.32 Å². The van der Waals surface area contributed by atoms with Crippen LogP contribution >= 0.6 is 11.8 Å². The normalized spacial score (nSPS) is 10.3. The standard InChI is InChI=1S/C12H19NOS/c1-11-4-3-5-12(10-11)13-6-8-15-9-7-14-2/h3-5,10,13H,6-9H2,1-2H3. The van der Waals surface area contributed by atoms with Crippen LogP contribution in [-0.4, -0.2) is 31.8 Å². The van der Waals surface area contributed by atoms with Gasteiger partial charge in [-0.05, 0) is 24.6 Å². The minimum atomic E-state index is 0.842. The molecule has 0 fully saturated rings. The second-order valence-electron chi connectivity index (χ2n) is 3.40. The number of hydrogen-bond donors (Lipinski definition) is 1. The van der Waals surface area contributed by atoms with Gasteiger partial charge >= 0.3 is 0 Å². The molecule has 1 aromatic carbocycles. The van der Waals surface area contributed by atoms with E-state index in [0.29, 0.717) is 0 Å². The zero-order valence-corrected chi connectivity index (χ0v) is 10.3. The van der Waals surface area contributed by atoms with Crippen molar-refractivity contribution in [2.45, 2.75) is 6.92 Å².